The normalized spacial score (nSPS) is 12.3. The van der Waals surface area contributed by atoms with E-state index in [4.69, 9.17) is 16.0 Å². The monoisotopic (exact) mass is 210 g/mol. The Morgan fingerprint density at radius 3 is 2.71 bits per heavy atom. The minimum Gasteiger partial charge on any atom is -0.464 e. The number of benzene rings is 1. The zero-order valence-corrected chi connectivity index (χ0v) is 8.80. The number of fused-ring (bicyclic) bond motifs is 1. The topological polar surface area (TPSA) is 33.4 Å². The molecule has 0 radical (unpaired) electrons. The molecule has 14 heavy (non-hydrogen) atoms. The molecular weight excluding hydrogens is 200 g/mol. The molecule has 74 valence electrons. The first kappa shape index (κ1) is 9.56. The Bertz CT molecular complexity index is 466. The van der Waals surface area contributed by atoms with Crippen molar-refractivity contribution in [3.8, 4) is 0 Å². The first-order valence-electron chi connectivity index (χ1n) is 4.39. The maximum atomic E-state index is 9.88. The molecule has 2 rings (SSSR count). The molecule has 0 atom stereocenters. The van der Waals surface area contributed by atoms with Gasteiger partial charge in [0.25, 0.3) is 0 Å². The van der Waals surface area contributed by atoms with E-state index in [2.05, 4.69) is 0 Å². The van der Waals surface area contributed by atoms with E-state index >= 15 is 0 Å². The molecule has 1 aromatic carbocycles. The number of rotatable bonds is 1. The molecule has 0 spiro atoms. The van der Waals surface area contributed by atoms with Crippen LogP contribution in [0, 0.1) is 0 Å². The fraction of sp³-hybridized carbons (Fsp3) is 0.273. The third kappa shape index (κ3) is 1.41. The SMILES string of the molecule is CC(C)(O)c1coc2cccc(Cl)c12. The Morgan fingerprint density at radius 2 is 2.07 bits per heavy atom. The van der Waals surface area contributed by atoms with Gasteiger partial charge in [0, 0.05) is 10.9 Å². The van der Waals surface area contributed by atoms with E-state index < -0.39 is 5.60 Å². The van der Waals surface area contributed by atoms with Gasteiger partial charge in [-0.05, 0) is 26.0 Å². The predicted molar refractivity (Wildman–Crippen MR) is 56.5 cm³/mol. The van der Waals surface area contributed by atoms with Crippen LogP contribution >= 0.6 is 11.6 Å². The molecule has 0 aliphatic heterocycles. The standard InChI is InChI=1S/C11H11ClO2/c1-11(2,13)7-6-14-9-5-3-4-8(12)10(7)9/h3-6,13H,1-2H3. The highest BCUT2D eigenvalue weighted by molar-refractivity contribution is 6.35. The van der Waals surface area contributed by atoms with Gasteiger partial charge >= 0.3 is 0 Å². The zero-order valence-electron chi connectivity index (χ0n) is 8.04. The lowest BCUT2D eigenvalue weighted by Crippen LogP contribution is -2.14. The summed E-state index contributed by atoms with van der Waals surface area (Å²) in [5, 5.41) is 11.3. The van der Waals surface area contributed by atoms with Crippen LogP contribution in [-0.4, -0.2) is 5.11 Å². The molecule has 2 aromatic rings. The first-order valence-corrected chi connectivity index (χ1v) is 4.76. The molecular formula is C11H11ClO2. The van der Waals surface area contributed by atoms with Crippen LogP contribution in [0.1, 0.15) is 19.4 Å². The molecule has 0 fully saturated rings. The molecule has 1 aromatic heterocycles. The minimum atomic E-state index is -0.934. The van der Waals surface area contributed by atoms with Crippen molar-refractivity contribution in [3.05, 3.63) is 35.0 Å². The number of hydrogen-bond donors (Lipinski definition) is 1. The molecule has 0 bridgehead atoms. The molecule has 0 unspecified atom stereocenters. The van der Waals surface area contributed by atoms with Crippen LogP contribution in [0.4, 0.5) is 0 Å². The number of furan rings is 1. The van der Waals surface area contributed by atoms with E-state index in [1.165, 1.54) is 0 Å². The molecule has 1 N–H and O–H groups in total. The molecule has 1 heterocycles. The Hall–Kier alpha value is -0.990. The second-order valence-electron chi connectivity index (χ2n) is 3.82. The summed E-state index contributed by atoms with van der Waals surface area (Å²) in [6, 6.07) is 5.44. The second kappa shape index (κ2) is 3.01. The molecule has 0 saturated carbocycles. The van der Waals surface area contributed by atoms with Gasteiger partial charge in [-0.15, -0.1) is 0 Å². The van der Waals surface area contributed by atoms with Crippen molar-refractivity contribution in [2.75, 3.05) is 0 Å². The maximum Gasteiger partial charge on any atom is 0.135 e. The summed E-state index contributed by atoms with van der Waals surface area (Å²) in [5.74, 6) is 0. The van der Waals surface area contributed by atoms with Crippen molar-refractivity contribution >= 4 is 22.6 Å². The fourth-order valence-corrected chi connectivity index (χ4v) is 1.76. The molecule has 0 amide bonds. The van der Waals surface area contributed by atoms with Crippen LogP contribution in [0.25, 0.3) is 11.0 Å². The highest BCUT2D eigenvalue weighted by Crippen LogP contribution is 2.34. The second-order valence-corrected chi connectivity index (χ2v) is 4.23. The maximum absolute atomic E-state index is 9.88. The van der Waals surface area contributed by atoms with Crippen LogP contribution < -0.4 is 0 Å². The van der Waals surface area contributed by atoms with Gasteiger partial charge in [0.1, 0.15) is 5.58 Å². The van der Waals surface area contributed by atoms with Crippen molar-refractivity contribution in [3.63, 3.8) is 0 Å². The summed E-state index contributed by atoms with van der Waals surface area (Å²) < 4.78 is 5.31. The van der Waals surface area contributed by atoms with Crippen molar-refractivity contribution in [1.82, 2.24) is 0 Å². The zero-order chi connectivity index (χ0) is 10.3. The van der Waals surface area contributed by atoms with Gasteiger partial charge < -0.3 is 9.52 Å². The van der Waals surface area contributed by atoms with E-state index in [1.54, 1.807) is 26.2 Å². The van der Waals surface area contributed by atoms with E-state index in [0.29, 0.717) is 10.6 Å². The minimum absolute atomic E-state index is 0.605. The van der Waals surface area contributed by atoms with E-state index in [-0.39, 0.29) is 0 Å². The summed E-state index contributed by atoms with van der Waals surface area (Å²) in [7, 11) is 0. The van der Waals surface area contributed by atoms with Crippen LogP contribution in [0.15, 0.2) is 28.9 Å². The average Bonchev–Trinajstić information content (AvgIpc) is 2.47. The summed E-state index contributed by atoms with van der Waals surface area (Å²) in [5.41, 5.74) is 0.490. The quantitative estimate of drug-likeness (QED) is 0.784. The predicted octanol–water partition coefficient (Wildman–Crippen LogP) is 3.31. The van der Waals surface area contributed by atoms with Crippen LogP contribution in [-0.2, 0) is 5.60 Å². The van der Waals surface area contributed by atoms with Gasteiger partial charge in [0.2, 0.25) is 0 Å². The molecule has 0 aliphatic carbocycles. The smallest absolute Gasteiger partial charge is 0.135 e. The third-order valence-electron chi connectivity index (χ3n) is 2.21. The van der Waals surface area contributed by atoms with Gasteiger partial charge in [-0.2, -0.15) is 0 Å². The molecule has 0 saturated heterocycles. The average molecular weight is 211 g/mol. The largest absolute Gasteiger partial charge is 0.464 e. The van der Waals surface area contributed by atoms with Gasteiger partial charge in [0.15, 0.2) is 0 Å². The van der Waals surface area contributed by atoms with E-state index in [1.807, 2.05) is 12.1 Å². The van der Waals surface area contributed by atoms with Crippen LogP contribution in [0.3, 0.4) is 0 Å². The van der Waals surface area contributed by atoms with Gasteiger partial charge in [-0.25, -0.2) is 0 Å². The summed E-state index contributed by atoms with van der Waals surface area (Å²) in [6.45, 7) is 3.42. The van der Waals surface area contributed by atoms with Crippen molar-refractivity contribution in [1.29, 1.82) is 0 Å². The lowest BCUT2D eigenvalue weighted by Gasteiger charge is -2.15. The van der Waals surface area contributed by atoms with Crippen LogP contribution in [0.5, 0.6) is 0 Å². The van der Waals surface area contributed by atoms with Gasteiger partial charge in [0.05, 0.1) is 16.9 Å². The Kier molecular flexibility index (Phi) is 2.05. The highest BCUT2D eigenvalue weighted by atomic mass is 35.5. The molecule has 2 nitrogen and oxygen atoms in total. The lowest BCUT2D eigenvalue weighted by atomic mass is 9.98. The molecule has 3 heteroatoms. The van der Waals surface area contributed by atoms with Crippen molar-refractivity contribution < 1.29 is 9.52 Å². The number of halogens is 1. The highest BCUT2D eigenvalue weighted by Gasteiger charge is 2.22. The fourth-order valence-electron chi connectivity index (χ4n) is 1.50. The summed E-state index contributed by atoms with van der Waals surface area (Å²) >= 11 is 6.04. The Balaban J connectivity index is 2.80. The van der Waals surface area contributed by atoms with E-state index in [0.717, 1.165) is 10.9 Å². The first-order chi connectivity index (χ1) is 6.50. The number of hydrogen-bond acceptors (Lipinski definition) is 2. The van der Waals surface area contributed by atoms with Crippen LogP contribution in [0.2, 0.25) is 5.02 Å². The third-order valence-corrected chi connectivity index (χ3v) is 2.52. The van der Waals surface area contributed by atoms with Crippen molar-refractivity contribution in [2.45, 2.75) is 19.4 Å². The van der Waals surface area contributed by atoms with Gasteiger partial charge in [-0.3, -0.25) is 0 Å². The van der Waals surface area contributed by atoms with Crippen molar-refractivity contribution in [2.24, 2.45) is 0 Å². The molecule has 0 aliphatic rings. The lowest BCUT2D eigenvalue weighted by molar-refractivity contribution is 0.0792. The summed E-state index contributed by atoms with van der Waals surface area (Å²) in [6.07, 6.45) is 1.55. The van der Waals surface area contributed by atoms with E-state index in [9.17, 15) is 5.11 Å². The summed E-state index contributed by atoms with van der Waals surface area (Å²) in [4.78, 5) is 0. The Labute approximate surface area is 87.1 Å². The number of aliphatic hydroxyl groups is 1. The Morgan fingerprint density at radius 1 is 1.36 bits per heavy atom. The van der Waals surface area contributed by atoms with Gasteiger partial charge in [-0.1, -0.05) is 17.7 Å².